The summed E-state index contributed by atoms with van der Waals surface area (Å²) in [6.07, 6.45) is 16.2. The minimum absolute atomic E-state index is 0.115. The van der Waals surface area contributed by atoms with E-state index in [0.29, 0.717) is 0 Å². The SMILES string of the molecule is C#CCN1CCC(=O)N(CC#C)CCC(=O)N(CC#C)CCC1=O. The van der Waals surface area contributed by atoms with Gasteiger partial charge in [-0.05, 0) is 0 Å². The van der Waals surface area contributed by atoms with E-state index in [4.69, 9.17) is 19.3 Å². The van der Waals surface area contributed by atoms with E-state index < -0.39 is 0 Å². The van der Waals surface area contributed by atoms with Crippen LogP contribution in [0, 0.1) is 37.0 Å². The molecule has 0 atom stereocenters. The van der Waals surface area contributed by atoms with Crippen LogP contribution in [-0.2, 0) is 14.4 Å². The first-order valence-electron chi connectivity index (χ1n) is 7.67. The molecule has 0 aromatic rings. The van der Waals surface area contributed by atoms with Crippen LogP contribution in [0.2, 0.25) is 0 Å². The topological polar surface area (TPSA) is 60.9 Å². The number of terminal acetylenes is 3. The van der Waals surface area contributed by atoms with Gasteiger partial charge in [0.05, 0.1) is 19.6 Å². The number of hydrogen-bond donors (Lipinski definition) is 0. The Morgan fingerprint density at radius 3 is 1.08 bits per heavy atom. The van der Waals surface area contributed by atoms with Gasteiger partial charge in [-0.15, -0.1) is 19.3 Å². The van der Waals surface area contributed by atoms with Crippen LogP contribution in [0.5, 0.6) is 0 Å². The molecule has 1 rings (SSSR count). The van der Waals surface area contributed by atoms with Gasteiger partial charge >= 0.3 is 0 Å². The molecule has 1 heterocycles. The van der Waals surface area contributed by atoms with E-state index in [9.17, 15) is 14.4 Å². The predicted octanol–water partition coefficient (Wildman–Crippen LogP) is -0.444. The first kappa shape index (κ1) is 19.1. The Morgan fingerprint density at radius 2 is 0.875 bits per heavy atom. The molecule has 0 saturated carbocycles. The Balaban J connectivity index is 2.97. The van der Waals surface area contributed by atoms with Crippen LogP contribution in [0.25, 0.3) is 0 Å². The molecule has 0 bridgehead atoms. The van der Waals surface area contributed by atoms with Crippen molar-refractivity contribution < 1.29 is 14.4 Å². The van der Waals surface area contributed by atoms with Crippen LogP contribution in [0.3, 0.4) is 0 Å². The van der Waals surface area contributed by atoms with Crippen LogP contribution >= 0.6 is 0 Å². The number of carbonyl (C=O) groups is 3. The van der Waals surface area contributed by atoms with Crippen molar-refractivity contribution in [1.29, 1.82) is 0 Å². The zero-order valence-corrected chi connectivity index (χ0v) is 13.7. The summed E-state index contributed by atoms with van der Waals surface area (Å²) in [5.41, 5.74) is 0. The van der Waals surface area contributed by atoms with Crippen molar-refractivity contribution in [3.63, 3.8) is 0 Å². The lowest BCUT2D eigenvalue weighted by atomic mass is 10.2. The minimum Gasteiger partial charge on any atom is -0.331 e. The maximum absolute atomic E-state index is 12.3. The van der Waals surface area contributed by atoms with Crippen LogP contribution in [-0.4, -0.2) is 71.7 Å². The van der Waals surface area contributed by atoms with Gasteiger partial charge < -0.3 is 14.7 Å². The summed E-state index contributed by atoms with van der Waals surface area (Å²) < 4.78 is 0. The Morgan fingerprint density at radius 1 is 0.625 bits per heavy atom. The smallest absolute Gasteiger partial charge is 0.225 e. The molecule has 126 valence electrons. The number of nitrogens with zero attached hydrogens (tertiary/aromatic N) is 3. The number of amides is 3. The predicted molar refractivity (Wildman–Crippen MR) is 90.1 cm³/mol. The molecule has 3 amide bonds. The zero-order chi connectivity index (χ0) is 17.9. The van der Waals surface area contributed by atoms with E-state index in [2.05, 4.69) is 17.8 Å². The van der Waals surface area contributed by atoms with Crippen LogP contribution in [0.4, 0.5) is 0 Å². The van der Waals surface area contributed by atoms with Crippen molar-refractivity contribution in [3.05, 3.63) is 0 Å². The van der Waals surface area contributed by atoms with E-state index in [1.54, 1.807) is 0 Å². The molecular formula is C18H21N3O3. The summed E-state index contributed by atoms with van der Waals surface area (Å²) in [5.74, 6) is 6.61. The summed E-state index contributed by atoms with van der Waals surface area (Å²) in [6, 6.07) is 0. The van der Waals surface area contributed by atoms with Gasteiger partial charge in [-0.2, -0.15) is 0 Å². The average Bonchev–Trinajstić information content (AvgIpc) is 2.57. The molecule has 0 unspecified atom stereocenters. The molecule has 6 heteroatoms. The summed E-state index contributed by atoms with van der Waals surface area (Å²) >= 11 is 0. The van der Waals surface area contributed by atoms with Crippen molar-refractivity contribution >= 4 is 17.7 Å². The Bertz CT molecular complexity index is 521. The largest absolute Gasteiger partial charge is 0.331 e. The molecule has 1 aliphatic rings. The summed E-state index contributed by atoms with van der Waals surface area (Å²) in [7, 11) is 0. The molecule has 0 N–H and O–H groups in total. The first-order valence-corrected chi connectivity index (χ1v) is 7.67. The standard InChI is InChI=1S/C18H21N3O3/c1-4-10-19-13-7-17(23)21(12-6-3)15-9-18(24)20(11-5-2)14-8-16(19)22/h1-3H,7-15H2. The van der Waals surface area contributed by atoms with Gasteiger partial charge in [0.15, 0.2) is 0 Å². The normalized spacial score (nSPS) is 17.4. The molecule has 0 spiro atoms. The third-order valence-corrected chi connectivity index (χ3v) is 3.69. The van der Waals surface area contributed by atoms with Gasteiger partial charge in [-0.3, -0.25) is 14.4 Å². The fraction of sp³-hybridized carbons (Fsp3) is 0.500. The lowest BCUT2D eigenvalue weighted by Crippen LogP contribution is -2.43. The Kier molecular flexibility index (Phi) is 7.96. The Hall–Kier alpha value is -2.91. The molecule has 1 aliphatic heterocycles. The molecule has 6 nitrogen and oxygen atoms in total. The molecule has 0 radical (unpaired) electrons. The second-order valence-corrected chi connectivity index (χ2v) is 5.31. The summed E-state index contributed by atoms with van der Waals surface area (Å²) in [5, 5.41) is 0. The van der Waals surface area contributed by atoms with Crippen LogP contribution < -0.4 is 0 Å². The minimum atomic E-state index is -0.209. The van der Waals surface area contributed by atoms with Gasteiger partial charge in [0, 0.05) is 38.9 Å². The lowest BCUT2D eigenvalue weighted by Gasteiger charge is -2.28. The van der Waals surface area contributed by atoms with Gasteiger partial charge in [0.1, 0.15) is 0 Å². The monoisotopic (exact) mass is 327 g/mol. The van der Waals surface area contributed by atoms with E-state index >= 15 is 0 Å². The molecule has 1 saturated heterocycles. The summed E-state index contributed by atoms with van der Waals surface area (Å²) in [6.45, 7) is 1.03. The zero-order valence-electron chi connectivity index (χ0n) is 13.7. The maximum atomic E-state index is 12.3. The third-order valence-electron chi connectivity index (χ3n) is 3.69. The highest BCUT2D eigenvalue weighted by atomic mass is 16.2. The molecule has 0 aromatic heterocycles. The van der Waals surface area contributed by atoms with E-state index in [0.717, 1.165) is 0 Å². The number of rotatable bonds is 3. The van der Waals surface area contributed by atoms with Gasteiger partial charge in [-0.1, -0.05) is 17.8 Å². The van der Waals surface area contributed by atoms with Gasteiger partial charge in [0.2, 0.25) is 17.7 Å². The molecule has 1 fully saturated rings. The van der Waals surface area contributed by atoms with E-state index in [-0.39, 0.29) is 76.3 Å². The number of hydrogen-bond acceptors (Lipinski definition) is 3. The average molecular weight is 327 g/mol. The fourth-order valence-electron chi connectivity index (χ4n) is 2.37. The van der Waals surface area contributed by atoms with Gasteiger partial charge in [-0.25, -0.2) is 0 Å². The molecule has 0 aromatic carbocycles. The quantitative estimate of drug-likeness (QED) is 0.660. The number of carbonyl (C=O) groups excluding carboxylic acids is 3. The molecular weight excluding hydrogens is 306 g/mol. The molecule has 24 heavy (non-hydrogen) atoms. The van der Waals surface area contributed by atoms with Crippen LogP contribution in [0.15, 0.2) is 0 Å². The highest BCUT2D eigenvalue weighted by molar-refractivity contribution is 5.82. The Labute approximate surface area is 143 Å². The van der Waals surface area contributed by atoms with Crippen molar-refractivity contribution in [3.8, 4) is 37.0 Å². The van der Waals surface area contributed by atoms with Crippen molar-refractivity contribution in [2.75, 3.05) is 39.3 Å². The van der Waals surface area contributed by atoms with Crippen molar-refractivity contribution in [2.45, 2.75) is 19.3 Å². The highest BCUT2D eigenvalue weighted by Crippen LogP contribution is 2.06. The fourth-order valence-corrected chi connectivity index (χ4v) is 2.37. The first-order chi connectivity index (χ1) is 11.5. The van der Waals surface area contributed by atoms with E-state index in [1.165, 1.54) is 14.7 Å². The maximum Gasteiger partial charge on any atom is 0.225 e. The second-order valence-electron chi connectivity index (χ2n) is 5.31. The van der Waals surface area contributed by atoms with E-state index in [1.807, 2.05) is 0 Å². The van der Waals surface area contributed by atoms with Crippen LogP contribution in [0.1, 0.15) is 19.3 Å². The summed E-state index contributed by atoms with van der Waals surface area (Å²) in [4.78, 5) is 41.1. The van der Waals surface area contributed by atoms with Crippen molar-refractivity contribution in [1.82, 2.24) is 14.7 Å². The van der Waals surface area contributed by atoms with Gasteiger partial charge in [0.25, 0.3) is 0 Å². The third kappa shape index (κ3) is 5.71. The second kappa shape index (κ2) is 9.98. The lowest BCUT2D eigenvalue weighted by molar-refractivity contribution is -0.137. The highest BCUT2D eigenvalue weighted by Gasteiger charge is 2.22. The molecule has 0 aliphatic carbocycles. The van der Waals surface area contributed by atoms with Crippen molar-refractivity contribution in [2.24, 2.45) is 0 Å².